The zero-order valence-electron chi connectivity index (χ0n) is 13.7. The molecule has 0 N–H and O–H groups in total. The van der Waals surface area contributed by atoms with Gasteiger partial charge in [-0.05, 0) is 18.2 Å². The minimum absolute atomic E-state index is 0.0425. The first-order chi connectivity index (χ1) is 12.7. The lowest BCUT2D eigenvalue weighted by molar-refractivity contribution is -0.146. The van der Waals surface area contributed by atoms with E-state index in [9.17, 15) is 27.2 Å². The summed E-state index contributed by atoms with van der Waals surface area (Å²) in [6.45, 7) is -0.996. The number of halogens is 4. The number of hydrogen-bond donors (Lipinski definition) is 0. The van der Waals surface area contributed by atoms with Gasteiger partial charge in [0, 0.05) is 23.4 Å². The Morgan fingerprint density at radius 3 is 2.78 bits per heavy atom. The van der Waals surface area contributed by atoms with Crippen LogP contribution in [0.2, 0.25) is 0 Å². The summed E-state index contributed by atoms with van der Waals surface area (Å²) in [6.07, 6.45) is -4.12. The van der Waals surface area contributed by atoms with Gasteiger partial charge in [0.2, 0.25) is 0 Å². The Morgan fingerprint density at radius 2 is 2.04 bits per heavy atom. The maximum Gasteiger partial charge on any atom is 0.417 e. The van der Waals surface area contributed by atoms with Crippen molar-refractivity contribution >= 4 is 5.97 Å². The Labute approximate surface area is 149 Å². The second-order valence-electron chi connectivity index (χ2n) is 5.71. The topological polar surface area (TPSA) is 66.8 Å². The quantitative estimate of drug-likeness (QED) is 0.596. The van der Waals surface area contributed by atoms with E-state index in [-0.39, 0.29) is 25.6 Å². The molecule has 0 unspecified atom stereocenters. The van der Waals surface area contributed by atoms with Crippen LogP contribution in [0.3, 0.4) is 0 Å². The van der Waals surface area contributed by atoms with Gasteiger partial charge in [-0.2, -0.15) is 13.2 Å². The van der Waals surface area contributed by atoms with Gasteiger partial charge in [-0.3, -0.25) is 9.59 Å². The summed E-state index contributed by atoms with van der Waals surface area (Å²) >= 11 is 0. The molecule has 27 heavy (non-hydrogen) atoms. The molecule has 2 heterocycles. The molecule has 0 bridgehead atoms. The van der Waals surface area contributed by atoms with Crippen LogP contribution >= 0.6 is 0 Å². The second-order valence-corrected chi connectivity index (χ2v) is 5.71. The molecule has 3 rings (SSSR count). The molecule has 0 saturated heterocycles. The first-order valence-corrected chi connectivity index (χ1v) is 7.69. The lowest BCUT2D eigenvalue weighted by Gasteiger charge is -2.20. The van der Waals surface area contributed by atoms with Crippen molar-refractivity contribution in [3.05, 3.63) is 63.3 Å². The van der Waals surface area contributed by atoms with E-state index in [1.807, 2.05) is 0 Å². The normalized spacial score (nSPS) is 13.6. The summed E-state index contributed by atoms with van der Waals surface area (Å²) in [5.74, 6) is -1.21. The number of hydrogen-bond acceptors (Lipinski definition) is 5. The molecular weight excluding hydrogens is 374 g/mol. The van der Waals surface area contributed by atoms with Gasteiger partial charge in [-0.1, -0.05) is 0 Å². The number of nitrogens with zero attached hydrogens (tertiary/aromatic N) is 1. The predicted octanol–water partition coefficient (Wildman–Crippen LogP) is 2.62. The highest BCUT2D eigenvalue weighted by Gasteiger charge is 2.31. The Morgan fingerprint density at radius 1 is 1.26 bits per heavy atom. The predicted molar refractivity (Wildman–Crippen MR) is 82.2 cm³/mol. The van der Waals surface area contributed by atoms with Crippen LogP contribution in [0, 0.1) is 5.82 Å². The SMILES string of the molecule is O=C(Cn1cc(C(F)(F)F)ccc1=O)OCc1cc(F)cc2c1OCOC2. The minimum atomic E-state index is -4.65. The average Bonchev–Trinajstić information content (AvgIpc) is 2.60. The number of fused-ring (bicyclic) bond motifs is 1. The Hall–Kier alpha value is -2.88. The van der Waals surface area contributed by atoms with E-state index in [2.05, 4.69) is 0 Å². The van der Waals surface area contributed by atoms with Crippen LogP contribution in [-0.4, -0.2) is 17.3 Å². The second kappa shape index (κ2) is 7.39. The summed E-state index contributed by atoms with van der Waals surface area (Å²) in [7, 11) is 0. The minimum Gasteiger partial charge on any atom is -0.467 e. The van der Waals surface area contributed by atoms with Gasteiger partial charge >= 0.3 is 12.1 Å². The summed E-state index contributed by atoms with van der Waals surface area (Å²) in [5.41, 5.74) is -1.16. The molecule has 10 heteroatoms. The third-order valence-corrected chi connectivity index (χ3v) is 3.75. The first kappa shape index (κ1) is 18.9. The molecule has 0 saturated carbocycles. The van der Waals surface area contributed by atoms with Crippen molar-refractivity contribution in [3.63, 3.8) is 0 Å². The molecule has 0 fully saturated rings. The smallest absolute Gasteiger partial charge is 0.417 e. The fraction of sp³-hybridized carbons (Fsp3) is 0.294. The highest BCUT2D eigenvalue weighted by molar-refractivity contribution is 5.69. The van der Waals surface area contributed by atoms with E-state index in [0.29, 0.717) is 34.2 Å². The van der Waals surface area contributed by atoms with Crippen LogP contribution in [0.1, 0.15) is 16.7 Å². The van der Waals surface area contributed by atoms with Crippen LogP contribution in [-0.2, 0) is 40.2 Å². The molecule has 0 atom stereocenters. The van der Waals surface area contributed by atoms with Gasteiger partial charge < -0.3 is 18.8 Å². The van der Waals surface area contributed by atoms with Crippen molar-refractivity contribution in [2.24, 2.45) is 0 Å². The summed E-state index contributed by atoms with van der Waals surface area (Å²) < 4.78 is 67.6. The third kappa shape index (κ3) is 4.45. The van der Waals surface area contributed by atoms with Crippen molar-refractivity contribution in [3.8, 4) is 5.75 Å². The van der Waals surface area contributed by atoms with Crippen molar-refractivity contribution < 1.29 is 36.6 Å². The van der Waals surface area contributed by atoms with Gasteiger partial charge in [0.25, 0.3) is 5.56 Å². The molecule has 0 amide bonds. The summed E-state index contributed by atoms with van der Waals surface area (Å²) in [4.78, 5) is 23.6. The maximum atomic E-state index is 13.6. The standard InChI is InChI=1S/C17H13F4NO5/c18-13-3-10-7-25-9-27-16(10)11(4-13)8-26-15(24)6-22-5-12(17(19,20)21)1-2-14(22)23/h1-5H,6-9H2. The van der Waals surface area contributed by atoms with Crippen LogP contribution in [0.25, 0.3) is 0 Å². The zero-order chi connectivity index (χ0) is 19.6. The molecule has 144 valence electrons. The van der Waals surface area contributed by atoms with Crippen molar-refractivity contribution in [1.29, 1.82) is 0 Å². The van der Waals surface area contributed by atoms with Crippen LogP contribution in [0.4, 0.5) is 17.6 Å². The fourth-order valence-corrected chi connectivity index (χ4v) is 2.53. The largest absolute Gasteiger partial charge is 0.467 e. The zero-order valence-corrected chi connectivity index (χ0v) is 13.7. The van der Waals surface area contributed by atoms with Gasteiger partial charge in [-0.25, -0.2) is 4.39 Å². The summed E-state index contributed by atoms with van der Waals surface area (Å²) in [5, 5.41) is 0. The van der Waals surface area contributed by atoms with Crippen molar-refractivity contribution in [2.75, 3.05) is 6.79 Å². The first-order valence-electron chi connectivity index (χ1n) is 7.69. The van der Waals surface area contributed by atoms with Crippen LogP contribution in [0.15, 0.2) is 35.3 Å². The van der Waals surface area contributed by atoms with E-state index < -0.39 is 35.6 Å². The lowest BCUT2D eigenvalue weighted by atomic mass is 10.1. The molecular formula is C17H13F4NO5. The highest BCUT2D eigenvalue weighted by atomic mass is 19.4. The highest BCUT2D eigenvalue weighted by Crippen LogP contribution is 2.30. The average molecular weight is 387 g/mol. The molecule has 6 nitrogen and oxygen atoms in total. The lowest BCUT2D eigenvalue weighted by Crippen LogP contribution is -2.26. The molecule has 1 aliphatic rings. The number of benzene rings is 1. The summed E-state index contributed by atoms with van der Waals surface area (Å²) in [6, 6.07) is 3.69. The van der Waals surface area contributed by atoms with E-state index >= 15 is 0 Å². The van der Waals surface area contributed by atoms with Gasteiger partial charge in [0.1, 0.15) is 24.7 Å². The molecule has 0 radical (unpaired) electrons. The Kier molecular flexibility index (Phi) is 5.17. The molecule has 2 aromatic rings. The number of rotatable bonds is 4. The monoisotopic (exact) mass is 387 g/mol. The van der Waals surface area contributed by atoms with Crippen molar-refractivity contribution in [2.45, 2.75) is 25.9 Å². The molecule has 1 aliphatic heterocycles. The third-order valence-electron chi connectivity index (χ3n) is 3.75. The number of ether oxygens (including phenoxy) is 3. The number of carbonyl (C=O) groups is 1. The van der Waals surface area contributed by atoms with Crippen LogP contribution in [0.5, 0.6) is 5.75 Å². The fourth-order valence-electron chi connectivity index (χ4n) is 2.53. The number of pyridine rings is 1. The number of carbonyl (C=O) groups excluding carboxylic acids is 1. The number of esters is 1. The van der Waals surface area contributed by atoms with E-state index in [4.69, 9.17) is 14.2 Å². The number of alkyl halides is 3. The Balaban J connectivity index is 1.71. The molecule has 0 aliphatic carbocycles. The van der Waals surface area contributed by atoms with E-state index in [1.54, 1.807) is 0 Å². The van der Waals surface area contributed by atoms with Gasteiger partial charge in [0.15, 0.2) is 6.79 Å². The number of aromatic nitrogens is 1. The van der Waals surface area contributed by atoms with Gasteiger partial charge in [-0.15, -0.1) is 0 Å². The Bertz CT molecular complexity index is 923. The van der Waals surface area contributed by atoms with Crippen LogP contribution < -0.4 is 10.3 Å². The molecule has 1 aromatic heterocycles. The molecule has 1 aromatic carbocycles. The van der Waals surface area contributed by atoms with Gasteiger partial charge in [0.05, 0.1) is 12.2 Å². The maximum absolute atomic E-state index is 13.6. The van der Waals surface area contributed by atoms with E-state index in [1.165, 1.54) is 6.07 Å². The van der Waals surface area contributed by atoms with E-state index in [0.717, 1.165) is 6.07 Å². The molecule has 0 spiro atoms. The van der Waals surface area contributed by atoms with Crippen molar-refractivity contribution in [1.82, 2.24) is 4.57 Å².